The van der Waals surface area contributed by atoms with Crippen LogP contribution in [-0.4, -0.2) is 165 Å². The average molecular weight is 857 g/mol. The van der Waals surface area contributed by atoms with Crippen molar-refractivity contribution < 1.29 is 78.7 Å². The van der Waals surface area contributed by atoms with E-state index in [0.29, 0.717) is 41.4 Å². The summed E-state index contributed by atoms with van der Waals surface area (Å²) < 4.78 is 49.3. The molecule has 0 amide bonds. The van der Waals surface area contributed by atoms with Crippen LogP contribution in [0.15, 0.2) is 0 Å². The van der Waals surface area contributed by atoms with Crippen LogP contribution in [0.1, 0.15) is 98.8 Å². The molecule has 0 aromatic heterocycles. The van der Waals surface area contributed by atoms with Crippen molar-refractivity contribution >= 4 is 0 Å². The van der Waals surface area contributed by atoms with Crippen molar-refractivity contribution in [3.05, 3.63) is 0 Å². The van der Waals surface area contributed by atoms with Gasteiger partial charge in [0, 0.05) is 12.3 Å². The van der Waals surface area contributed by atoms with Crippen molar-refractivity contribution in [3.63, 3.8) is 0 Å². The van der Waals surface area contributed by atoms with Crippen LogP contribution >= 0.6 is 0 Å². The Bertz CT molecular complexity index is 1500. The predicted molar refractivity (Wildman–Crippen MR) is 208 cm³/mol. The average Bonchev–Trinajstić information content (AvgIpc) is 3.68. The van der Waals surface area contributed by atoms with Gasteiger partial charge in [0.15, 0.2) is 24.7 Å². The monoisotopic (exact) mass is 856 g/mol. The van der Waals surface area contributed by atoms with E-state index in [0.717, 1.165) is 45.1 Å². The first-order valence-electron chi connectivity index (χ1n) is 23.1. The van der Waals surface area contributed by atoms with Gasteiger partial charge in [0.1, 0.15) is 61.0 Å². The zero-order valence-electron chi connectivity index (χ0n) is 35.8. The maximum atomic E-state index is 11.3. The molecular formula is C44H72O16. The summed E-state index contributed by atoms with van der Waals surface area (Å²) in [7, 11) is 0. The van der Waals surface area contributed by atoms with E-state index in [9.17, 15) is 40.9 Å². The van der Waals surface area contributed by atoms with E-state index in [-0.39, 0.29) is 29.6 Å². The smallest absolute Gasteiger partial charge is 0.187 e. The fourth-order valence-electron chi connectivity index (χ4n) is 14.3. The molecule has 5 heterocycles. The number of aliphatic hydroxyl groups excluding tert-OH is 8. The predicted octanol–water partition coefficient (Wildman–Crippen LogP) is 0.933. The van der Waals surface area contributed by atoms with Gasteiger partial charge >= 0.3 is 0 Å². The van der Waals surface area contributed by atoms with Crippen LogP contribution in [0, 0.1) is 52.3 Å². The van der Waals surface area contributed by atoms with E-state index >= 15 is 0 Å². The molecule has 9 fully saturated rings. The summed E-state index contributed by atoms with van der Waals surface area (Å²) in [5, 5.41) is 84.6. The molecule has 344 valence electrons. The maximum absolute atomic E-state index is 11.3. The van der Waals surface area contributed by atoms with Crippen molar-refractivity contribution in [2.24, 2.45) is 52.3 Å². The van der Waals surface area contributed by atoms with Crippen molar-refractivity contribution in [2.75, 3.05) is 19.8 Å². The standard InChI is InChI=1S/C44H72O16/c1-19-8-13-44(54-17-19)20(2)30-27(60-44)15-26-24-7-6-22-14-23(9-11-42(22,4)25(24)10-12-43(26,30)5)56-41-38(35(50)31(46)21(3)55-41)59-39-36(51)33(48)29(18-53-39)58-40-37(52)34(49)32(47)28(16-45)57-40/h19-41,45-52H,6-18H2,1-5H3/t19-,20-,21+,22+,23-,24-,25+,26+,27-,28+,29+,30-,31+,32+,33-,34-,35-,36+,37+,38+,39-,40-,41-,42-,43-,44-/m1/s1. The Kier molecular flexibility index (Phi) is 12.4. The molecule has 8 N–H and O–H groups in total. The molecule has 60 heavy (non-hydrogen) atoms. The molecule has 0 bridgehead atoms. The fourth-order valence-corrected chi connectivity index (χ4v) is 14.3. The molecule has 1 spiro atoms. The lowest BCUT2D eigenvalue weighted by atomic mass is 9.44. The van der Waals surface area contributed by atoms with Crippen LogP contribution in [0.5, 0.6) is 0 Å². The minimum absolute atomic E-state index is 0.175. The van der Waals surface area contributed by atoms with Crippen molar-refractivity contribution in [1.29, 1.82) is 0 Å². The summed E-state index contributed by atoms with van der Waals surface area (Å²) in [6.45, 7) is 11.2. The molecule has 5 saturated heterocycles. The van der Waals surface area contributed by atoms with E-state index in [2.05, 4.69) is 27.7 Å². The molecule has 4 aliphatic carbocycles. The summed E-state index contributed by atoms with van der Waals surface area (Å²) in [4.78, 5) is 0. The highest BCUT2D eigenvalue weighted by Crippen LogP contribution is 2.71. The Morgan fingerprint density at radius 2 is 1.38 bits per heavy atom. The molecular weight excluding hydrogens is 784 g/mol. The number of fused-ring (bicyclic) bond motifs is 7. The topological polar surface area (TPSA) is 236 Å². The van der Waals surface area contributed by atoms with E-state index in [1.165, 1.54) is 25.7 Å². The highest BCUT2D eigenvalue weighted by Gasteiger charge is 2.69. The van der Waals surface area contributed by atoms with Gasteiger partial charge in [0.25, 0.3) is 0 Å². The van der Waals surface area contributed by atoms with Gasteiger partial charge < -0.3 is 78.7 Å². The fraction of sp³-hybridized carbons (Fsp3) is 1.00. The third-order valence-corrected chi connectivity index (χ3v) is 17.9. The van der Waals surface area contributed by atoms with Gasteiger partial charge in [-0.3, -0.25) is 0 Å². The van der Waals surface area contributed by atoms with Gasteiger partial charge in [-0.2, -0.15) is 0 Å². The maximum Gasteiger partial charge on any atom is 0.187 e. The first-order valence-corrected chi connectivity index (χ1v) is 23.1. The van der Waals surface area contributed by atoms with Gasteiger partial charge in [-0.15, -0.1) is 0 Å². The highest BCUT2D eigenvalue weighted by atomic mass is 16.8. The molecule has 4 saturated carbocycles. The van der Waals surface area contributed by atoms with E-state index in [1.807, 2.05) is 0 Å². The number of ether oxygens (including phenoxy) is 8. The summed E-state index contributed by atoms with van der Waals surface area (Å²) in [6, 6.07) is 0. The molecule has 16 heteroatoms. The lowest BCUT2D eigenvalue weighted by Gasteiger charge is -2.61. The third-order valence-electron chi connectivity index (χ3n) is 17.9. The van der Waals surface area contributed by atoms with Crippen LogP contribution in [0.25, 0.3) is 0 Å². The Morgan fingerprint density at radius 1 is 0.633 bits per heavy atom. The van der Waals surface area contributed by atoms with Crippen LogP contribution in [0.3, 0.4) is 0 Å². The molecule has 5 aliphatic heterocycles. The Morgan fingerprint density at radius 3 is 2.12 bits per heavy atom. The van der Waals surface area contributed by atoms with Crippen molar-refractivity contribution in [3.8, 4) is 0 Å². The quantitative estimate of drug-likeness (QED) is 0.166. The summed E-state index contributed by atoms with van der Waals surface area (Å²) in [5.41, 5.74) is 0.429. The summed E-state index contributed by atoms with van der Waals surface area (Å²) >= 11 is 0. The first kappa shape index (κ1) is 44.6. The largest absolute Gasteiger partial charge is 0.394 e. The number of hydrogen-bond donors (Lipinski definition) is 8. The Balaban J connectivity index is 0.825. The lowest BCUT2D eigenvalue weighted by molar-refractivity contribution is -0.373. The molecule has 0 aromatic rings. The second-order valence-electron chi connectivity index (χ2n) is 21.1. The number of aliphatic hydroxyl groups is 8. The Hall–Kier alpha value is -0.640. The van der Waals surface area contributed by atoms with Crippen molar-refractivity contribution in [2.45, 2.75) is 203 Å². The first-order chi connectivity index (χ1) is 28.5. The molecule has 9 aliphatic rings. The van der Waals surface area contributed by atoms with Gasteiger partial charge in [-0.1, -0.05) is 27.7 Å². The van der Waals surface area contributed by atoms with Gasteiger partial charge in [-0.25, -0.2) is 0 Å². The van der Waals surface area contributed by atoms with E-state index in [4.69, 9.17) is 37.9 Å². The number of hydrogen-bond acceptors (Lipinski definition) is 16. The van der Waals surface area contributed by atoms with Crippen LogP contribution in [0.4, 0.5) is 0 Å². The number of rotatable bonds is 7. The minimum atomic E-state index is -1.72. The van der Waals surface area contributed by atoms with Crippen molar-refractivity contribution in [1.82, 2.24) is 0 Å². The molecule has 9 rings (SSSR count). The normalized spacial score (nSPS) is 59.2. The molecule has 0 unspecified atom stereocenters. The van der Waals surface area contributed by atoms with Gasteiger partial charge in [0.2, 0.25) is 0 Å². The van der Waals surface area contributed by atoms with E-state index < -0.39 is 98.4 Å². The second-order valence-corrected chi connectivity index (χ2v) is 21.1. The zero-order chi connectivity index (χ0) is 42.6. The van der Waals surface area contributed by atoms with E-state index in [1.54, 1.807) is 6.92 Å². The molecule has 0 aromatic carbocycles. The minimum Gasteiger partial charge on any atom is -0.394 e. The highest BCUT2D eigenvalue weighted by molar-refractivity contribution is 5.15. The summed E-state index contributed by atoms with van der Waals surface area (Å²) in [6.07, 6.45) is -9.06. The molecule has 16 nitrogen and oxygen atoms in total. The molecule has 0 radical (unpaired) electrons. The SMILES string of the molecule is C[C@@H]1CC[C@@]2(OC1)O[C@@H]1C[C@H]3[C@@H]4CC[C@H]5C[C@H](O[C@H]6O[C@@H](C)[C@H](O)[C@@H](O)[C@@H]6O[C@H]6OC[C@H](O[C@H]7O[C@@H](CO)[C@H](O)[C@@H](O)[C@@H]7O)[C@@H](O)[C@@H]6O)CC[C@@]5(C)[C@H]4CC[C@@]3(C)[C@@H]1[C@H]2C. The van der Waals surface area contributed by atoms with Crippen LogP contribution in [-0.2, 0) is 37.9 Å². The lowest BCUT2D eigenvalue weighted by Crippen LogP contribution is -2.64. The van der Waals surface area contributed by atoms with Crippen LogP contribution in [0.2, 0.25) is 0 Å². The molecule has 26 atom stereocenters. The zero-order valence-corrected chi connectivity index (χ0v) is 35.8. The van der Waals surface area contributed by atoms with Gasteiger partial charge in [-0.05, 0) is 111 Å². The summed E-state index contributed by atoms with van der Waals surface area (Å²) in [5.74, 6) is 3.51. The van der Waals surface area contributed by atoms with Crippen LogP contribution < -0.4 is 0 Å². The Labute approximate surface area is 353 Å². The second kappa shape index (κ2) is 16.7. The van der Waals surface area contributed by atoms with Gasteiger partial charge in [0.05, 0.1) is 38.1 Å². The third kappa shape index (κ3) is 7.27.